The van der Waals surface area contributed by atoms with E-state index in [-0.39, 0.29) is 28.9 Å². The molecule has 0 aliphatic rings. The molecule has 0 amide bonds. The van der Waals surface area contributed by atoms with Crippen molar-refractivity contribution in [2.45, 2.75) is 6.92 Å². The van der Waals surface area contributed by atoms with E-state index in [9.17, 15) is 4.79 Å². The zero-order chi connectivity index (χ0) is 19.6. The molecule has 3 rings (SSSR count). The molecular weight excluding hydrogens is 344 g/mol. The van der Waals surface area contributed by atoms with Gasteiger partial charge >= 0.3 is 0 Å². The van der Waals surface area contributed by atoms with Crippen molar-refractivity contribution in [1.82, 2.24) is 9.97 Å². The molecule has 1 heterocycles. The first-order valence-corrected chi connectivity index (χ1v) is 8.04. The number of aromatic nitrogens is 2. The van der Waals surface area contributed by atoms with Gasteiger partial charge in [-0.2, -0.15) is 0 Å². The monoisotopic (exact) mass is 362 g/mol. The van der Waals surface area contributed by atoms with Gasteiger partial charge in [-0.3, -0.25) is 15.6 Å². The SMILES string of the molecule is CC(=N)OC(=N)c1cccc(/C(N)=C(\N)c2nc3ccccc3[nH]c2=O)c1. The summed E-state index contributed by atoms with van der Waals surface area (Å²) in [6, 6.07) is 13.7. The number of hydrogen-bond acceptors (Lipinski definition) is 7. The molecule has 0 saturated heterocycles. The summed E-state index contributed by atoms with van der Waals surface area (Å²) >= 11 is 0. The number of ether oxygens (including phenoxy) is 1. The standard InChI is InChI=1S/C19H18N6O2/c1-10(20)27-18(23)12-6-4-5-11(9-12)15(21)16(22)17-19(26)25-14-8-3-2-7-13(14)24-17/h2-9,20,23H,21-22H2,1H3,(H,25,26)/b16-15+,20-10?,23-18?. The van der Waals surface area contributed by atoms with E-state index >= 15 is 0 Å². The summed E-state index contributed by atoms with van der Waals surface area (Å²) in [6.07, 6.45) is 0. The van der Waals surface area contributed by atoms with Gasteiger partial charge in [0.05, 0.1) is 22.4 Å². The van der Waals surface area contributed by atoms with E-state index in [2.05, 4.69) is 9.97 Å². The fraction of sp³-hybridized carbons (Fsp3) is 0.0526. The molecule has 27 heavy (non-hydrogen) atoms. The molecule has 0 atom stereocenters. The van der Waals surface area contributed by atoms with Crippen LogP contribution in [0.25, 0.3) is 22.4 Å². The Hall–Kier alpha value is -3.94. The zero-order valence-corrected chi connectivity index (χ0v) is 14.5. The second-order valence-corrected chi connectivity index (χ2v) is 5.83. The lowest BCUT2D eigenvalue weighted by Gasteiger charge is -2.10. The quantitative estimate of drug-likeness (QED) is 0.356. The number of nitrogens with zero attached hydrogens (tertiary/aromatic N) is 1. The molecular formula is C19H18N6O2. The van der Waals surface area contributed by atoms with Crippen LogP contribution in [0.3, 0.4) is 0 Å². The Kier molecular flexibility index (Phi) is 4.71. The average molecular weight is 362 g/mol. The van der Waals surface area contributed by atoms with Crippen molar-refractivity contribution in [3.63, 3.8) is 0 Å². The van der Waals surface area contributed by atoms with Gasteiger partial charge in [0.15, 0.2) is 11.6 Å². The van der Waals surface area contributed by atoms with E-state index in [4.69, 9.17) is 27.0 Å². The van der Waals surface area contributed by atoms with Crippen LogP contribution < -0.4 is 17.0 Å². The van der Waals surface area contributed by atoms with Crippen LogP contribution in [0.4, 0.5) is 0 Å². The first-order valence-electron chi connectivity index (χ1n) is 8.04. The summed E-state index contributed by atoms with van der Waals surface area (Å²) in [5.41, 5.74) is 14.2. The molecule has 0 saturated carbocycles. The van der Waals surface area contributed by atoms with Gasteiger partial charge < -0.3 is 21.2 Å². The number of nitrogens with two attached hydrogens (primary N) is 2. The van der Waals surface area contributed by atoms with E-state index in [0.29, 0.717) is 22.2 Å². The molecule has 0 spiro atoms. The van der Waals surface area contributed by atoms with Crippen molar-refractivity contribution in [3.8, 4) is 0 Å². The average Bonchev–Trinajstić information content (AvgIpc) is 2.66. The largest absolute Gasteiger partial charge is 0.426 e. The minimum Gasteiger partial charge on any atom is -0.426 e. The summed E-state index contributed by atoms with van der Waals surface area (Å²) in [7, 11) is 0. The van der Waals surface area contributed by atoms with Crippen molar-refractivity contribution >= 4 is 34.2 Å². The smallest absolute Gasteiger partial charge is 0.276 e. The zero-order valence-electron chi connectivity index (χ0n) is 14.5. The third-order valence-electron chi connectivity index (χ3n) is 3.84. The van der Waals surface area contributed by atoms with Gasteiger partial charge in [0, 0.05) is 18.1 Å². The van der Waals surface area contributed by atoms with Gasteiger partial charge in [-0.05, 0) is 24.3 Å². The van der Waals surface area contributed by atoms with Gasteiger partial charge in [-0.15, -0.1) is 0 Å². The maximum atomic E-state index is 12.3. The number of aromatic amines is 1. The molecule has 8 heteroatoms. The second kappa shape index (κ2) is 7.12. The molecule has 3 aromatic rings. The highest BCUT2D eigenvalue weighted by Gasteiger charge is 2.13. The van der Waals surface area contributed by atoms with Crippen LogP contribution in [-0.4, -0.2) is 21.8 Å². The van der Waals surface area contributed by atoms with Crippen LogP contribution >= 0.6 is 0 Å². The second-order valence-electron chi connectivity index (χ2n) is 5.83. The molecule has 0 aliphatic heterocycles. The number of benzene rings is 2. The molecule has 1 aromatic heterocycles. The molecule has 2 aromatic carbocycles. The van der Waals surface area contributed by atoms with Gasteiger partial charge in [0.2, 0.25) is 5.90 Å². The first kappa shape index (κ1) is 17.9. The van der Waals surface area contributed by atoms with Crippen LogP contribution in [0.5, 0.6) is 0 Å². The topological polar surface area (TPSA) is 155 Å². The Morgan fingerprint density at radius 3 is 2.48 bits per heavy atom. The lowest BCUT2D eigenvalue weighted by atomic mass is 10.1. The van der Waals surface area contributed by atoms with E-state index < -0.39 is 5.56 Å². The first-order chi connectivity index (χ1) is 12.9. The van der Waals surface area contributed by atoms with Crippen LogP contribution in [0.15, 0.2) is 53.3 Å². The Morgan fingerprint density at radius 1 is 1.04 bits per heavy atom. The molecule has 0 radical (unpaired) electrons. The minimum atomic E-state index is -0.444. The number of hydrogen-bond donors (Lipinski definition) is 5. The number of nitrogens with one attached hydrogen (secondary N) is 3. The lowest BCUT2D eigenvalue weighted by Crippen LogP contribution is -2.20. The van der Waals surface area contributed by atoms with Crippen molar-refractivity contribution < 1.29 is 4.74 Å². The third kappa shape index (κ3) is 3.69. The van der Waals surface area contributed by atoms with E-state index in [0.717, 1.165) is 0 Å². The molecule has 0 fully saturated rings. The summed E-state index contributed by atoms with van der Waals surface area (Å²) in [6.45, 7) is 1.43. The molecule has 0 bridgehead atoms. The molecule has 136 valence electrons. The van der Waals surface area contributed by atoms with Crippen LogP contribution in [0.2, 0.25) is 0 Å². The number of H-pyrrole nitrogens is 1. The normalized spacial score (nSPS) is 11.7. The molecule has 8 nitrogen and oxygen atoms in total. The number of fused-ring (bicyclic) bond motifs is 1. The van der Waals surface area contributed by atoms with Crippen molar-refractivity contribution in [2.24, 2.45) is 11.5 Å². The Bertz CT molecular complexity index is 1150. The van der Waals surface area contributed by atoms with Crippen molar-refractivity contribution in [3.05, 3.63) is 75.7 Å². The molecule has 0 unspecified atom stereocenters. The van der Waals surface area contributed by atoms with Gasteiger partial charge in [-0.25, -0.2) is 4.98 Å². The summed E-state index contributed by atoms with van der Waals surface area (Å²) < 4.78 is 4.99. The molecule has 7 N–H and O–H groups in total. The number of para-hydroxylation sites is 2. The van der Waals surface area contributed by atoms with E-state index in [1.54, 1.807) is 48.5 Å². The summed E-state index contributed by atoms with van der Waals surface area (Å²) in [4.78, 5) is 19.4. The highest BCUT2D eigenvalue weighted by Crippen LogP contribution is 2.18. The van der Waals surface area contributed by atoms with Crippen molar-refractivity contribution in [1.29, 1.82) is 10.8 Å². The third-order valence-corrected chi connectivity index (χ3v) is 3.84. The van der Waals surface area contributed by atoms with Gasteiger partial charge in [-0.1, -0.05) is 24.3 Å². The summed E-state index contributed by atoms with van der Waals surface area (Å²) in [5, 5.41) is 15.2. The highest BCUT2D eigenvalue weighted by atomic mass is 16.5. The predicted molar refractivity (Wildman–Crippen MR) is 105 cm³/mol. The number of rotatable bonds is 3. The lowest BCUT2D eigenvalue weighted by molar-refractivity contribution is 0.532. The van der Waals surface area contributed by atoms with Crippen LogP contribution in [-0.2, 0) is 4.74 Å². The maximum absolute atomic E-state index is 12.3. The van der Waals surface area contributed by atoms with Gasteiger partial charge in [0.1, 0.15) is 0 Å². The molecule has 0 aliphatic carbocycles. The Morgan fingerprint density at radius 2 is 1.74 bits per heavy atom. The van der Waals surface area contributed by atoms with Crippen LogP contribution in [0.1, 0.15) is 23.7 Å². The van der Waals surface area contributed by atoms with E-state index in [1.807, 2.05) is 0 Å². The van der Waals surface area contributed by atoms with Crippen LogP contribution in [0, 0.1) is 10.8 Å². The maximum Gasteiger partial charge on any atom is 0.276 e. The fourth-order valence-corrected chi connectivity index (χ4v) is 2.54. The van der Waals surface area contributed by atoms with Crippen molar-refractivity contribution in [2.75, 3.05) is 0 Å². The fourth-order valence-electron chi connectivity index (χ4n) is 2.54. The predicted octanol–water partition coefficient (Wildman–Crippen LogP) is 2.01. The minimum absolute atomic E-state index is 0.0262. The Labute approximate surface area is 154 Å². The highest BCUT2D eigenvalue weighted by molar-refractivity contribution is 5.99. The van der Waals surface area contributed by atoms with E-state index in [1.165, 1.54) is 6.92 Å². The summed E-state index contributed by atoms with van der Waals surface area (Å²) in [5.74, 6) is -0.280. The Balaban J connectivity index is 2.06. The van der Waals surface area contributed by atoms with Gasteiger partial charge in [0.25, 0.3) is 5.56 Å².